The van der Waals surface area contributed by atoms with Crippen LogP contribution in [0.5, 0.6) is 0 Å². The molecule has 4 unspecified atom stereocenters. The van der Waals surface area contributed by atoms with Crippen LogP contribution in [0.3, 0.4) is 0 Å². The van der Waals surface area contributed by atoms with E-state index in [9.17, 15) is 25.2 Å². The fraction of sp³-hybridized carbons (Fsp3) is 0.885. The number of amides is 1. The Kier molecular flexibility index (Phi) is 54.2. The van der Waals surface area contributed by atoms with E-state index in [1.54, 1.807) is 0 Å². The van der Waals surface area contributed by atoms with Gasteiger partial charge in [-0.2, -0.15) is 0 Å². The van der Waals surface area contributed by atoms with Gasteiger partial charge in [0.25, 0.3) is 0 Å². The molecule has 0 saturated heterocycles. The van der Waals surface area contributed by atoms with Gasteiger partial charge in [-0.3, -0.25) is 4.79 Å². The molecule has 67 heavy (non-hydrogen) atoms. The molecule has 0 aliphatic rings. The Bertz CT molecular complexity index is 1060. The summed E-state index contributed by atoms with van der Waals surface area (Å²) >= 11 is 0. The number of hydrogen-bond donors (Lipinski definition) is 5. The molecule has 0 aromatic carbocycles. The molecule has 0 spiro atoms. The molecule has 6 nitrogen and oxygen atoms in total. The van der Waals surface area contributed by atoms with Crippen molar-refractivity contribution in [2.45, 2.75) is 340 Å². The first-order valence-electron chi connectivity index (χ1n) is 29.9. The van der Waals surface area contributed by atoms with Crippen LogP contribution in [-0.2, 0) is 4.79 Å². The first-order valence-corrected chi connectivity index (χ1v) is 29.9. The van der Waals surface area contributed by atoms with E-state index in [4.69, 9.17) is 0 Å². The number of aliphatic hydroxyl groups excluding tert-OH is 4. The molecule has 396 valence electrons. The van der Waals surface area contributed by atoms with Gasteiger partial charge in [0.05, 0.1) is 18.8 Å². The van der Waals surface area contributed by atoms with Crippen LogP contribution in [0.1, 0.15) is 316 Å². The van der Waals surface area contributed by atoms with Crippen molar-refractivity contribution >= 4 is 5.91 Å². The maximum Gasteiger partial charge on any atom is 0.249 e. The molecule has 0 radical (unpaired) electrons. The zero-order valence-electron chi connectivity index (χ0n) is 44.9. The van der Waals surface area contributed by atoms with Gasteiger partial charge < -0.3 is 25.7 Å². The van der Waals surface area contributed by atoms with Crippen LogP contribution in [-0.4, -0.2) is 57.3 Å². The quantitative estimate of drug-likeness (QED) is 0.0308. The highest BCUT2D eigenvalue weighted by Crippen LogP contribution is 2.18. The Morgan fingerprint density at radius 3 is 0.985 bits per heavy atom. The number of allylic oxidation sites excluding steroid dienone is 6. The molecule has 0 aromatic rings. The Hall–Kier alpha value is -1.47. The van der Waals surface area contributed by atoms with Crippen LogP contribution in [0.15, 0.2) is 36.5 Å². The van der Waals surface area contributed by atoms with E-state index >= 15 is 0 Å². The second-order valence-electron chi connectivity index (χ2n) is 20.7. The highest BCUT2D eigenvalue weighted by atomic mass is 16.3. The Labute approximate surface area is 417 Å². The molecule has 4 atom stereocenters. The van der Waals surface area contributed by atoms with Crippen LogP contribution in [0, 0.1) is 0 Å². The first kappa shape index (κ1) is 65.5. The topological polar surface area (TPSA) is 110 Å². The number of nitrogens with one attached hydrogen (secondary N) is 1. The van der Waals surface area contributed by atoms with Gasteiger partial charge in [-0.05, 0) is 70.6 Å². The summed E-state index contributed by atoms with van der Waals surface area (Å²) < 4.78 is 0. The maximum absolute atomic E-state index is 12.6. The van der Waals surface area contributed by atoms with Crippen LogP contribution in [0.25, 0.3) is 0 Å². The van der Waals surface area contributed by atoms with Crippen LogP contribution >= 0.6 is 0 Å². The second-order valence-corrected chi connectivity index (χ2v) is 20.7. The molecule has 0 saturated carbocycles. The van der Waals surface area contributed by atoms with Gasteiger partial charge in [0.15, 0.2) is 0 Å². The number of rotatable bonds is 55. The summed E-state index contributed by atoms with van der Waals surface area (Å²) in [6.07, 6.45) is 69.5. The standard InChI is InChI=1S/C61H117NO5/c1-3-5-7-9-11-13-15-17-19-21-22-23-24-25-26-27-28-29-30-31-32-33-34-35-36-37-39-41-43-45-47-49-51-53-55-59(65)61(67)62-57(56-63)60(66)58(64)54-52-50-48-46-44-42-40-38-20-18-16-14-12-10-8-6-4-2/h24-25,27-28,46,48,57-60,63-66H,3-23,26,29-45,47,49-56H2,1-2H3,(H,62,67)/b25-24-,28-27-,48-46+. The molecule has 0 aliphatic carbocycles. The normalized spacial score (nSPS) is 13.9. The Balaban J connectivity index is 3.59. The molecule has 0 fully saturated rings. The molecule has 0 bridgehead atoms. The molecular formula is C61H117NO5. The summed E-state index contributed by atoms with van der Waals surface area (Å²) in [4.78, 5) is 12.6. The number of aliphatic hydroxyl groups is 4. The van der Waals surface area contributed by atoms with Crippen molar-refractivity contribution in [3.63, 3.8) is 0 Å². The third-order valence-electron chi connectivity index (χ3n) is 14.1. The van der Waals surface area contributed by atoms with Crippen molar-refractivity contribution in [3.8, 4) is 0 Å². The smallest absolute Gasteiger partial charge is 0.249 e. The number of carbonyl (C=O) groups excluding carboxylic acids is 1. The van der Waals surface area contributed by atoms with Gasteiger partial charge in [-0.25, -0.2) is 0 Å². The predicted molar refractivity (Wildman–Crippen MR) is 293 cm³/mol. The van der Waals surface area contributed by atoms with E-state index in [0.717, 1.165) is 44.9 Å². The zero-order chi connectivity index (χ0) is 48.8. The van der Waals surface area contributed by atoms with Gasteiger partial charge >= 0.3 is 0 Å². The van der Waals surface area contributed by atoms with E-state index in [1.165, 1.54) is 244 Å². The van der Waals surface area contributed by atoms with Crippen molar-refractivity contribution in [1.82, 2.24) is 5.32 Å². The second kappa shape index (κ2) is 55.5. The van der Waals surface area contributed by atoms with E-state index in [1.807, 2.05) is 0 Å². The van der Waals surface area contributed by atoms with Crippen molar-refractivity contribution in [2.75, 3.05) is 6.61 Å². The fourth-order valence-electron chi connectivity index (χ4n) is 9.38. The largest absolute Gasteiger partial charge is 0.394 e. The molecule has 1 amide bonds. The predicted octanol–water partition coefficient (Wildman–Crippen LogP) is 17.6. The maximum atomic E-state index is 12.6. The zero-order valence-corrected chi connectivity index (χ0v) is 44.9. The van der Waals surface area contributed by atoms with E-state index in [2.05, 4.69) is 55.6 Å². The third kappa shape index (κ3) is 49.3. The lowest BCUT2D eigenvalue weighted by Crippen LogP contribution is -2.53. The fourth-order valence-corrected chi connectivity index (χ4v) is 9.38. The van der Waals surface area contributed by atoms with Crippen LogP contribution in [0.2, 0.25) is 0 Å². The summed E-state index contributed by atoms with van der Waals surface area (Å²) in [5.74, 6) is -0.590. The molecule has 0 heterocycles. The lowest BCUT2D eigenvalue weighted by molar-refractivity contribution is -0.132. The van der Waals surface area contributed by atoms with E-state index in [-0.39, 0.29) is 0 Å². The summed E-state index contributed by atoms with van der Waals surface area (Å²) in [7, 11) is 0. The summed E-state index contributed by atoms with van der Waals surface area (Å²) in [6, 6.07) is -1.00. The average Bonchev–Trinajstić information content (AvgIpc) is 3.33. The van der Waals surface area contributed by atoms with Gasteiger partial charge in [-0.1, -0.05) is 281 Å². The Morgan fingerprint density at radius 1 is 0.373 bits per heavy atom. The first-order chi connectivity index (χ1) is 33.0. The van der Waals surface area contributed by atoms with Crippen molar-refractivity contribution in [1.29, 1.82) is 0 Å². The minimum atomic E-state index is -1.28. The van der Waals surface area contributed by atoms with Crippen molar-refractivity contribution < 1.29 is 25.2 Å². The SMILES string of the molecule is CCCCCCCCCCCCC/C=C\C/C=C\CCCCCCCCCCCCCCCCCCC(O)C(=O)NC(CO)C(O)C(O)CCC/C=C/CCCCCCCCCCCCCC. The highest BCUT2D eigenvalue weighted by molar-refractivity contribution is 5.80. The van der Waals surface area contributed by atoms with E-state index in [0.29, 0.717) is 12.8 Å². The monoisotopic (exact) mass is 944 g/mol. The van der Waals surface area contributed by atoms with Crippen molar-refractivity contribution in [2.24, 2.45) is 0 Å². The summed E-state index contributed by atoms with van der Waals surface area (Å²) in [6.45, 7) is 4.07. The Morgan fingerprint density at radius 2 is 0.657 bits per heavy atom. The van der Waals surface area contributed by atoms with Gasteiger partial charge in [-0.15, -0.1) is 0 Å². The van der Waals surface area contributed by atoms with Gasteiger partial charge in [0.1, 0.15) is 12.2 Å². The minimum Gasteiger partial charge on any atom is -0.394 e. The summed E-state index contributed by atoms with van der Waals surface area (Å²) in [5.41, 5.74) is 0. The molecule has 6 heteroatoms. The lowest BCUT2D eigenvalue weighted by Gasteiger charge is -2.27. The van der Waals surface area contributed by atoms with Crippen molar-refractivity contribution in [3.05, 3.63) is 36.5 Å². The molecule has 5 N–H and O–H groups in total. The number of unbranched alkanes of at least 4 members (excludes halogenated alkanes) is 40. The molecule has 0 aromatic heterocycles. The number of carbonyl (C=O) groups is 1. The van der Waals surface area contributed by atoms with Gasteiger partial charge in [0.2, 0.25) is 5.91 Å². The molecule has 0 aliphatic heterocycles. The minimum absolute atomic E-state index is 0.364. The molecular weight excluding hydrogens is 827 g/mol. The van der Waals surface area contributed by atoms with Gasteiger partial charge in [0, 0.05) is 0 Å². The van der Waals surface area contributed by atoms with Crippen LogP contribution < -0.4 is 5.32 Å². The molecule has 0 rings (SSSR count). The average molecular weight is 945 g/mol. The summed E-state index contributed by atoms with van der Waals surface area (Å²) in [5, 5.41) is 43.9. The van der Waals surface area contributed by atoms with Crippen LogP contribution in [0.4, 0.5) is 0 Å². The number of hydrogen-bond acceptors (Lipinski definition) is 5. The lowest BCUT2D eigenvalue weighted by atomic mass is 10.00. The highest BCUT2D eigenvalue weighted by Gasteiger charge is 2.28. The third-order valence-corrected chi connectivity index (χ3v) is 14.1. The van der Waals surface area contributed by atoms with E-state index < -0.39 is 36.9 Å².